The minimum atomic E-state index is -0.422. The Morgan fingerprint density at radius 1 is 1.13 bits per heavy atom. The lowest BCUT2D eigenvalue weighted by molar-refractivity contribution is -0.120. The summed E-state index contributed by atoms with van der Waals surface area (Å²) in [5.74, 6) is -0.866. The summed E-state index contributed by atoms with van der Waals surface area (Å²) >= 11 is 0. The first kappa shape index (κ1) is 16.0. The molecular formula is C17H15N3O3. The van der Waals surface area contributed by atoms with E-state index in [4.69, 9.17) is 5.26 Å². The van der Waals surface area contributed by atoms with E-state index < -0.39 is 5.91 Å². The molecule has 0 aliphatic carbocycles. The summed E-state index contributed by atoms with van der Waals surface area (Å²) in [5, 5.41) is 23.4. The van der Waals surface area contributed by atoms with E-state index in [1.54, 1.807) is 42.5 Å². The van der Waals surface area contributed by atoms with Crippen LogP contribution < -0.4 is 10.6 Å². The number of rotatable bonds is 5. The van der Waals surface area contributed by atoms with E-state index >= 15 is 0 Å². The molecule has 0 unspecified atom stereocenters. The minimum absolute atomic E-state index is 0.0927. The van der Waals surface area contributed by atoms with Gasteiger partial charge in [-0.05, 0) is 29.8 Å². The van der Waals surface area contributed by atoms with Crippen molar-refractivity contribution in [2.75, 3.05) is 5.32 Å². The van der Waals surface area contributed by atoms with Crippen LogP contribution in [0.4, 0.5) is 5.69 Å². The van der Waals surface area contributed by atoms with Crippen LogP contribution in [0.3, 0.4) is 0 Å². The highest BCUT2D eigenvalue weighted by molar-refractivity contribution is 6.06. The molecule has 2 rings (SSSR count). The van der Waals surface area contributed by atoms with Crippen LogP contribution in [0.1, 0.15) is 22.3 Å². The minimum Gasteiger partial charge on any atom is -0.507 e. The lowest BCUT2D eigenvalue weighted by Crippen LogP contribution is -2.22. The molecule has 0 aromatic heterocycles. The predicted octanol–water partition coefficient (Wildman–Crippen LogP) is 2.17. The average molecular weight is 309 g/mol. The Labute approximate surface area is 133 Å². The number of benzene rings is 2. The number of nitrogens with one attached hydrogen (secondary N) is 2. The van der Waals surface area contributed by atoms with Gasteiger partial charge in [-0.15, -0.1) is 0 Å². The molecule has 0 heterocycles. The van der Waals surface area contributed by atoms with Crippen molar-refractivity contribution in [2.24, 2.45) is 0 Å². The van der Waals surface area contributed by atoms with Crippen molar-refractivity contribution >= 4 is 17.5 Å². The molecule has 2 amide bonds. The number of hydrogen-bond donors (Lipinski definition) is 3. The SMILES string of the molecule is N#CCC(=O)NCc1cccc(NC(=O)c2ccccc2O)c1. The van der Waals surface area contributed by atoms with E-state index in [-0.39, 0.29) is 30.2 Å². The fourth-order valence-electron chi connectivity index (χ4n) is 1.96. The highest BCUT2D eigenvalue weighted by Gasteiger charge is 2.10. The Morgan fingerprint density at radius 2 is 1.91 bits per heavy atom. The maximum absolute atomic E-state index is 12.1. The number of phenols is 1. The van der Waals surface area contributed by atoms with E-state index in [0.29, 0.717) is 5.69 Å². The number of amides is 2. The second-order valence-electron chi connectivity index (χ2n) is 4.78. The molecule has 0 aliphatic rings. The molecule has 0 radical (unpaired) electrons. The lowest BCUT2D eigenvalue weighted by atomic mass is 10.1. The molecule has 3 N–H and O–H groups in total. The standard InChI is InChI=1S/C17H15N3O3/c18-9-8-16(22)19-11-12-4-3-5-13(10-12)20-17(23)14-6-1-2-7-15(14)21/h1-7,10,21H,8,11H2,(H,19,22)(H,20,23). The summed E-state index contributed by atoms with van der Waals surface area (Å²) in [4.78, 5) is 23.4. The molecular weight excluding hydrogens is 294 g/mol. The normalized spacial score (nSPS) is 9.70. The first-order valence-electron chi connectivity index (χ1n) is 6.92. The molecule has 0 spiro atoms. The van der Waals surface area contributed by atoms with Crippen LogP contribution in [0.15, 0.2) is 48.5 Å². The van der Waals surface area contributed by atoms with Gasteiger partial charge in [-0.2, -0.15) is 5.26 Å². The van der Waals surface area contributed by atoms with Crippen LogP contribution in [-0.2, 0) is 11.3 Å². The van der Waals surface area contributed by atoms with Gasteiger partial charge in [0, 0.05) is 12.2 Å². The predicted molar refractivity (Wildman–Crippen MR) is 84.6 cm³/mol. The van der Waals surface area contributed by atoms with Crippen molar-refractivity contribution in [1.29, 1.82) is 5.26 Å². The zero-order valence-electron chi connectivity index (χ0n) is 12.2. The summed E-state index contributed by atoms with van der Waals surface area (Å²) in [6.45, 7) is 0.265. The fraction of sp³-hybridized carbons (Fsp3) is 0.118. The van der Waals surface area contributed by atoms with Crippen LogP contribution >= 0.6 is 0 Å². The average Bonchev–Trinajstić information content (AvgIpc) is 2.54. The Bertz CT molecular complexity index is 766. The van der Waals surface area contributed by atoms with Crippen molar-refractivity contribution in [3.05, 3.63) is 59.7 Å². The van der Waals surface area contributed by atoms with Crippen molar-refractivity contribution in [1.82, 2.24) is 5.32 Å². The van der Waals surface area contributed by atoms with E-state index in [1.807, 2.05) is 0 Å². The third-order valence-corrected chi connectivity index (χ3v) is 3.06. The van der Waals surface area contributed by atoms with Crippen molar-refractivity contribution in [3.63, 3.8) is 0 Å². The van der Waals surface area contributed by atoms with Gasteiger partial charge in [-0.1, -0.05) is 24.3 Å². The van der Waals surface area contributed by atoms with E-state index in [2.05, 4.69) is 10.6 Å². The maximum atomic E-state index is 12.1. The van der Waals surface area contributed by atoms with E-state index in [1.165, 1.54) is 12.1 Å². The van der Waals surface area contributed by atoms with Gasteiger partial charge in [-0.3, -0.25) is 9.59 Å². The van der Waals surface area contributed by atoms with E-state index in [9.17, 15) is 14.7 Å². The smallest absolute Gasteiger partial charge is 0.259 e. The maximum Gasteiger partial charge on any atom is 0.259 e. The number of nitrogens with zero attached hydrogens (tertiary/aromatic N) is 1. The number of hydrogen-bond acceptors (Lipinski definition) is 4. The zero-order valence-corrected chi connectivity index (χ0v) is 12.2. The number of anilines is 1. The molecule has 0 saturated carbocycles. The van der Waals surface area contributed by atoms with E-state index in [0.717, 1.165) is 5.56 Å². The zero-order chi connectivity index (χ0) is 16.7. The highest BCUT2D eigenvalue weighted by Crippen LogP contribution is 2.18. The quantitative estimate of drug-likeness (QED) is 0.787. The van der Waals surface area contributed by atoms with Gasteiger partial charge >= 0.3 is 0 Å². The molecule has 23 heavy (non-hydrogen) atoms. The monoisotopic (exact) mass is 309 g/mol. The molecule has 116 valence electrons. The summed E-state index contributed by atoms with van der Waals surface area (Å²) < 4.78 is 0. The summed E-state index contributed by atoms with van der Waals surface area (Å²) in [7, 11) is 0. The van der Waals surface area contributed by atoms with Crippen molar-refractivity contribution in [2.45, 2.75) is 13.0 Å². The van der Waals surface area contributed by atoms with Crippen molar-refractivity contribution < 1.29 is 14.7 Å². The van der Waals surface area contributed by atoms with Crippen molar-refractivity contribution in [3.8, 4) is 11.8 Å². The Kier molecular flexibility index (Phi) is 5.31. The molecule has 6 heteroatoms. The Morgan fingerprint density at radius 3 is 2.65 bits per heavy atom. The van der Waals surface area contributed by atoms with Gasteiger partial charge in [0.05, 0.1) is 11.6 Å². The number of nitriles is 1. The molecule has 0 atom stereocenters. The summed E-state index contributed by atoms with van der Waals surface area (Å²) in [6.07, 6.45) is -0.191. The topological polar surface area (TPSA) is 102 Å². The molecule has 0 aliphatic heterocycles. The Hall–Kier alpha value is -3.33. The highest BCUT2D eigenvalue weighted by atomic mass is 16.3. The molecule has 0 saturated heterocycles. The van der Waals surface area contributed by atoms with Crippen LogP contribution in [-0.4, -0.2) is 16.9 Å². The summed E-state index contributed by atoms with van der Waals surface area (Å²) in [6, 6.07) is 15.0. The molecule has 2 aromatic carbocycles. The third kappa shape index (κ3) is 4.58. The number of carbonyl (C=O) groups excluding carboxylic acids is 2. The largest absolute Gasteiger partial charge is 0.507 e. The first-order valence-corrected chi connectivity index (χ1v) is 6.92. The first-order chi connectivity index (χ1) is 11.1. The second-order valence-corrected chi connectivity index (χ2v) is 4.78. The lowest BCUT2D eigenvalue weighted by Gasteiger charge is -2.09. The molecule has 6 nitrogen and oxygen atoms in total. The summed E-state index contributed by atoms with van der Waals surface area (Å²) in [5.41, 5.74) is 1.51. The van der Waals surface area contributed by atoms with Gasteiger partial charge in [-0.25, -0.2) is 0 Å². The van der Waals surface area contributed by atoms with Gasteiger partial charge in [0.2, 0.25) is 5.91 Å². The number of para-hydroxylation sites is 1. The van der Waals surface area contributed by atoms with Gasteiger partial charge < -0.3 is 15.7 Å². The van der Waals surface area contributed by atoms with Gasteiger partial charge in [0.25, 0.3) is 5.91 Å². The Balaban J connectivity index is 2.03. The third-order valence-electron chi connectivity index (χ3n) is 3.06. The van der Waals surface area contributed by atoms with Crippen LogP contribution in [0, 0.1) is 11.3 Å². The van der Waals surface area contributed by atoms with Gasteiger partial charge in [0.1, 0.15) is 12.2 Å². The molecule has 0 fully saturated rings. The van der Waals surface area contributed by atoms with Crippen LogP contribution in [0.2, 0.25) is 0 Å². The van der Waals surface area contributed by atoms with Crippen LogP contribution in [0.25, 0.3) is 0 Å². The number of aromatic hydroxyl groups is 1. The molecule has 0 bridgehead atoms. The number of phenolic OH excluding ortho intramolecular Hbond substituents is 1. The number of carbonyl (C=O) groups is 2. The fourth-order valence-corrected chi connectivity index (χ4v) is 1.96. The second kappa shape index (κ2) is 7.61. The van der Waals surface area contributed by atoms with Gasteiger partial charge in [0.15, 0.2) is 0 Å². The van der Waals surface area contributed by atoms with Crippen LogP contribution in [0.5, 0.6) is 5.75 Å². The molecule has 2 aromatic rings.